The lowest BCUT2D eigenvalue weighted by Gasteiger charge is -2.23. The second kappa shape index (κ2) is 6.28. The number of para-hydroxylation sites is 1. The Kier molecular flexibility index (Phi) is 4.96. The summed E-state index contributed by atoms with van der Waals surface area (Å²) in [7, 11) is 0. The third kappa shape index (κ3) is 3.12. The molecular weight excluding hydrogens is 182 g/mol. The zero-order chi connectivity index (χ0) is 11.1. The highest BCUT2D eigenvalue weighted by atomic mass is 15.1. The summed E-state index contributed by atoms with van der Waals surface area (Å²) in [4.78, 5) is 2.38. The summed E-state index contributed by atoms with van der Waals surface area (Å²) in [6, 6.07) is 8.58. The summed E-state index contributed by atoms with van der Waals surface area (Å²) in [6.07, 6.45) is 5.52. The fraction of sp³-hybridized carbons (Fsp3) is 0.429. The van der Waals surface area contributed by atoms with Crippen LogP contribution in [-0.4, -0.2) is 13.1 Å². The maximum atomic E-state index is 2.38. The van der Waals surface area contributed by atoms with Gasteiger partial charge in [-0.1, -0.05) is 37.3 Å². The molecule has 0 heterocycles. The maximum Gasteiger partial charge on any atom is 0.0439 e. The van der Waals surface area contributed by atoms with Crippen LogP contribution < -0.4 is 4.90 Å². The Morgan fingerprint density at radius 1 is 1.07 bits per heavy atom. The third-order valence-corrected chi connectivity index (χ3v) is 2.57. The third-order valence-electron chi connectivity index (χ3n) is 2.57. The fourth-order valence-electron chi connectivity index (χ4n) is 1.73. The summed E-state index contributed by atoms with van der Waals surface area (Å²) in [5.74, 6) is 0. The molecule has 0 saturated carbocycles. The molecule has 1 nitrogen and oxygen atoms in total. The minimum absolute atomic E-state index is 1.06. The van der Waals surface area contributed by atoms with Gasteiger partial charge in [0.1, 0.15) is 0 Å². The van der Waals surface area contributed by atoms with Gasteiger partial charge in [0.25, 0.3) is 0 Å². The zero-order valence-electron chi connectivity index (χ0n) is 10.0. The smallest absolute Gasteiger partial charge is 0.0439 e. The Morgan fingerprint density at radius 3 is 2.33 bits per heavy atom. The first-order valence-corrected chi connectivity index (χ1v) is 5.83. The number of anilines is 1. The van der Waals surface area contributed by atoms with Crippen LogP contribution >= 0.6 is 0 Å². The number of benzene rings is 1. The van der Waals surface area contributed by atoms with Crippen molar-refractivity contribution in [3.05, 3.63) is 35.9 Å². The van der Waals surface area contributed by atoms with E-state index in [1.165, 1.54) is 11.3 Å². The summed E-state index contributed by atoms with van der Waals surface area (Å²) in [5, 5.41) is 0. The number of hydrogen-bond acceptors (Lipinski definition) is 1. The van der Waals surface area contributed by atoms with Crippen molar-refractivity contribution in [1.29, 1.82) is 0 Å². The monoisotopic (exact) mass is 203 g/mol. The van der Waals surface area contributed by atoms with Gasteiger partial charge in [0.05, 0.1) is 0 Å². The van der Waals surface area contributed by atoms with Crippen molar-refractivity contribution in [2.24, 2.45) is 0 Å². The van der Waals surface area contributed by atoms with E-state index >= 15 is 0 Å². The number of hydrogen-bond donors (Lipinski definition) is 0. The molecule has 0 aromatic heterocycles. The van der Waals surface area contributed by atoms with Gasteiger partial charge in [-0.2, -0.15) is 0 Å². The van der Waals surface area contributed by atoms with Crippen molar-refractivity contribution in [3.8, 4) is 0 Å². The van der Waals surface area contributed by atoms with E-state index in [2.05, 4.69) is 62.1 Å². The molecule has 0 N–H and O–H groups in total. The summed E-state index contributed by atoms with van der Waals surface area (Å²) in [6.45, 7) is 8.69. The first-order chi connectivity index (χ1) is 7.33. The maximum absolute atomic E-state index is 2.38. The Morgan fingerprint density at radius 2 is 1.73 bits per heavy atom. The van der Waals surface area contributed by atoms with Gasteiger partial charge in [-0.05, 0) is 31.9 Å². The highest BCUT2D eigenvalue weighted by Crippen LogP contribution is 2.21. The number of nitrogens with zero attached hydrogens (tertiary/aromatic N) is 1. The van der Waals surface area contributed by atoms with Crippen LogP contribution in [0, 0.1) is 0 Å². The standard InChI is InChI=1S/C14H21N/c1-4-7-10-13-11-8-9-12-14(13)15(5-2)6-3/h7-12H,4-6H2,1-3H3. The van der Waals surface area contributed by atoms with Crippen LogP contribution in [0.2, 0.25) is 0 Å². The molecule has 0 spiro atoms. The number of allylic oxidation sites excluding steroid dienone is 1. The van der Waals surface area contributed by atoms with Crippen molar-refractivity contribution in [3.63, 3.8) is 0 Å². The van der Waals surface area contributed by atoms with Gasteiger partial charge in [0, 0.05) is 18.8 Å². The molecule has 1 aromatic carbocycles. The first kappa shape index (κ1) is 11.8. The van der Waals surface area contributed by atoms with Crippen LogP contribution in [0.5, 0.6) is 0 Å². The Bertz CT molecular complexity index is 311. The predicted octanol–water partition coefficient (Wildman–Crippen LogP) is 3.96. The second-order valence-electron chi connectivity index (χ2n) is 3.54. The number of rotatable bonds is 5. The highest BCUT2D eigenvalue weighted by molar-refractivity contribution is 5.67. The van der Waals surface area contributed by atoms with Gasteiger partial charge in [-0.25, -0.2) is 0 Å². The van der Waals surface area contributed by atoms with Crippen LogP contribution in [-0.2, 0) is 0 Å². The van der Waals surface area contributed by atoms with E-state index in [0.29, 0.717) is 0 Å². The van der Waals surface area contributed by atoms with Gasteiger partial charge < -0.3 is 4.90 Å². The van der Waals surface area contributed by atoms with Crippen molar-refractivity contribution in [2.75, 3.05) is 18.0 Å². The van der Waals surface area contributed by atoms with Crippen LogP contribution in [0.15, 0.2) is 30.3 Å². The van der Waals surface area contributed by atoms with E-state index in [1.54, 1.807) is 0 Å². The van der Waals surface area contributed by atoms with E-state index in [4.69, 9.17) is 0 Å². The fourth-order valence-corrected chi connectivity index (χ4v) is 1.73. The molecule has 0 atom stereocenters. The Labute approximate surface area is 93.4 Å². The second-order valence-corrected chi connectivity index (χ2v) is 3.54. The highest BCUT2D eigenvalue weighted by Gasteiger charge is 2.04. The van der Waals surface area contributed by atoms with Crippen molar-refractivity contribution >= 4 is 11.8 Å². The van der Waals surface area contributed by atoms with Gasteiger partial charge in [0.15, 0.2) is 0 Å². The summed E-state index contributed by atoms with van der Waals surface area (Å²) < 4.78 is 0. The van der Waals surface area contributed by atoms with Gasteiger partial charge in [0.2, 0.25) is 0 Å². The van der Waals surface area contributed by atoms with Crippen LogP contribution in [0.25, 0.3) is 6.08 Å². The molecule has 0 saturated heterocycles. The molecule has 15 heavy (non-hydrogen) atoms. The predicted molar refractivity (Wildman–Crippen MR) is 69.3 cm³/mol. The molecular formula is C14H21N. The van der Waals surface area contributed by atoms with Crippen molar-refractivity contribution < 1.29 is 0 Å². The van der Waals surface area contributed by atoms with Crippen LogP contribution in [0.1, 0.15) is 32.8 Å². The Balaban J connectivity index is 2.99. The summed E-state index contributed by atoms with van der Waals surface area (Å²) >= 11 is 0. The molecule has 0 radical (unpaired) electrons. The quantitative estimate of drug-likeness (QED) is 0.700. The zero-order valence-corrected chi connectivity index (χ0v) is 10.0. The van der Waals surface area contributed by atoms with Gasteiger partial charge in [-0.15, -0.1) is 0 Å². The minimum atomic E-state index is 1.06. The molecule has 0 aliphatic rings. The molecule has 0 bridgehead atoms. The molecule has 0 aliphatic carbocycles. The van der Waals surface area contributed by atoms with E-state index < -0.39 is 0 Å². The molecule has 1 rings (SSSR count). The first-order valence-electron chi connectivity index (χ1n) is 5.83. The normalized spacial score (nSPS) is 10.9. The van der Waals surface area contributed by atoms with Crippen molar-refractivity contribution in [2.45, 2.75) is 27.2 Å². The largest absolute Gasteiger partial charge is 0.372 e. The van der Waals surface area contributed by atoms with E-state index in [-0.39, 0.29) is 0 Å². The van der Waals surface area contributed by atoms with Crippen LogP contribution in [0.4, 0.5) is 5.69 Å². The van der Waals surface area contributed by atoms with Gasteiger partial charge in [-0.3, -0.25) is 0 Å². The SMILES string of the molecule is CCC=Cc1ccccc1N(CC)CC. The lowest BCUT2D eigenvalue weighted by atomic mass is 10.1. The molecule has 0 aliphatic heterocycles. The lowest BCUT2D eigenvalue weighted by Crippen LogP contribution is -2.22. The average Bonchev–Trinajstić information content (AvgIpc) is 2.29. The van der Waals surface area contributed by atoms with E-state index in [9.17, 15) is 0 Å². The molecule has 0 amide bonds. The lowest BCUT2D eigenvalue weighted by molar-refractivity contribution is 0.865. The van der Waals surface area contributed by atoms with E-state index in [1.807, 2.05) is 0 Å². The molecule has 82 valence electrons. The topological polar surface area (TPSA) is 3.24 Å². The minimum Gasteiger partial charge on any atom is -0.372 e. The average molecular weight is 203 g/mol. The van der Waals surface area contributed by atoms with Gasteiger partial charge >= 0.3 is 0 Å². The summed E-state index contributed by atoms with van der Waals surface area (Å²) in [5.41, 5.74) is 2.66. The molecule has 0 fully saturated rings. The molecule has 1 aromatic rings. The van der Waals surface area contributed by atoms with Crippen LogP contribution in [0.3, 0.4) is 0 Å². The molecule has 1 heteroatoms. The Hall–Kier alpha value is -1.24. The molecule has 0 unspecified atom stereocenters. The van der Waals surface area contributed by atoms with Crippen molar-refractivity contribution in [1.82, 2.24) is 0 Å². The van der Waals surface area contributed by atoms with E-state index in [0.717, 1.165) is 19.5 Å².